The SMILES string of the molecule is CCN(CC)CCC[C@H](C)NC[C@H]1C[C@H]2C=C[C@H]1C2. The van der Waals surface area contributed by atoms with Crippen LogP contribution in [0.1, 0.15) is 46.5 Å². The molecule has 1 fully saturated rings. The lowest BCUT2D eigenvalue weighted by Gasteiger charge is -2.23. The second-order valence-corrected chi connectivity index (χ2v) is 6.52. The van der Waals surface area contributed by atoms with Crippen LogP contribution >= 0.6 is 0 Å². The lowest BCUT2D eigenvalue weighted by molar-refractivity contribution is 0.288. The van der Waals surface area contributed by atoms with E-state index >= 15 is 0 Å². The second-order valence-electron chi connectivity index (χ2n) is 6.52. The number of fused-ring (bicyclic) bond motifs is 2. The average Bonchev–Trinajstić information content (AvgIpc) is 3.03. The molecule has 0 aromatic rings. The molecule has 2 aliphatic carbocycles. The van der Waals surface area contributed by atoms with Crippen molar-refractivity contribution in [3.8, 4) is 0 Å². The van der Waals surface area contributed by atoms with E-state index in [9.17, 15) is 0 Å². The average molecular weight is 264 g/mol. The molecule has 1 saturated carbocycles. The number of hydrogen-bond donors (Lipinski definition) is 1. The number of nitrogens with one attached hydrogen (secondary N) is 1. The van der Waals surface area contributed by atoms with Crippen LogP contribution < -0.4 is 5.32 Å². The van der Waals surface area contributed by atoms with Gasteiger partial charge in [0.2, 0.25) is 0 Å². The summed E-state index contributed by atoms with van der Waals surface area (Å²) in [7, 11) is 0. The van der Waals surface area contributed by atoms with Crippen molar-refractivity contribution >= 4 is 0 Å². The van der Waals surface area contributed by atoms with Crippen LogP contribution in [-0.4, -0.2) is 37.1 Å². The number of hydrogen-bond acceptors (Lipinski definition) is 2. The molecule has 2 heteroatoms. The number of rotatable bonds is 9. The molecule has 0 saturated heterocycles. The summed E-state index contributed by atoms with van der Waals surface area (Å²) in [6, 6.07) is 0.679. The minimum absolute atomic E-state index is 0.679. The monoisotopic (exact) mass is 264 g/mol. The second kappa shape index (κ2) is 7.44. The molecule has 0 heterocycles. The Kier molecular flexibility index (Phi) is 5.90. The van der Waals surface area contributed by atoms with Crippen molar-refractivity contribution in [1.82, 2.24) is 10.2 Å². The van der Waals surface area contributed by atoms with E-state index in [1.54, 1.807) is 0 Å². The lowest BCUT2D eigenvalue weighted by Crippen LogP contribution is -2.33. The molecule has 0 aliphatic heterocycles. The number of nitrogens with zero attached hydrogens (tertiary/aromatic N) is 1. The molecular weight excluding hydrogens is 232 g/mol. The Morgan fingerprint density at radius 3 is 2.58 bits per heavy atom. The summed E-state index contributed by atoms with van der Waals surface area (Å²) in [4.78, 5) is 2.52. The molecule has 110 valence electrons. The Morgan fingerprint density at radius 1 is 1.21 bits per heavy atom. The van der Waals surface area contributed by atoms with Gasteiger partial charge in [-0.3, -0.25) is 0 Å². The minimum atomic E-state index is 0.679. The summed E-state index contributed by atoms with van der Waals surface area (Å²) in [6.45, 7) is 11.7. The van der Waals surface area contributed by atoms with Crippen molar-refractivity contribution in [2.24, 2.45) is 17.8 Å². The van der Waals surface area contributed by atoms with Crippen LogP contribution in [0.2, 0.25) is 0 Å². The van der Waals surface area contributed by atoms with E-state index in [-0.39, 0.29) is 0 Å². The highest BCUT2D eigenvalue weighted by molar-refractivity contribution is 5.10. The van der Waals surface area contributed by atoms with Crippen molar-refractivity contribution in [3.05, 3.63) is 12.2 Å². The van der Waals surface area contributed by atoms with E-state index in [4.69, 9.17) is 0 Å². The molecule has 0 spiro atoms. The fraction of sp³-hybridized carbons (Fsp3) is 0.882. The van der Waals surface area contributed by atoms with E-state index in [2.05, 4.69) is 43.1 Å². The van der Waals surface area contributed by atoms with Gasteiger partial charge in [-0.15, -0.1) is 0 Å². The summed E-state index contributed by atoms with van der Waals surface area (Å²) in [6.07, 6.45) is 10.4. The van der Waals surface area contributed by atoms with Gasteiger partial charge >= 0.3 is 0 Å². The van der Waals surface area contributed by atoms with Gasteiger partial charge in [0.05, 0.1) is 0 Å². The lowest BCUT2D eigenvalue weighted by atomic mass is 9.93. The van der Waals surface area contributed by atoms with Gasteiger partial charge in [-0.05, 0) is 76.5 Å². The van der Waals surface area contributed by atoms with Crippen LogP contribution in [0.4, 0.5) is 0 Å². The molecule has 19 heavy (non-hydrogen) atoms. The highest BCUT2D eigenvalue weighted by Gasteiger charge is 2.35. The van der Waals surface area contributed by atoms with Gasteiger partial charge in [-0.1, -0.05) is 26.0 Å². The third kappa shape index (κ3) is 4.32. The van der Waals surface area contributed by atoms with E-state index in [0.717, 1.165) is 17.8 Å². The molecule has 0 aromatic carbocycles. The van der Waals surface area contributed by atoms with Gasteiger partial charge in [-0.2, -0.15) is 0 Å². The first-order chi connectivity index (χ1) is 9.22. The van der Waals surface area contributed by atoms with Crippen LogP contribution in [0.25, 0.3) is 0 Å². The summed E-state index contributed by atoms with van der Waals surface area (Å²) in [5.41, 5.74) is 0. The smallest absolute Gasteiger partial charge is 0.00393 e. The predicted octanol–water partition coefficient (Wildman–Crippen LogP) is 3.30. The van der Waals surface area contributed by atoms with Gasteiger partial charge in [0.25, 0.3) is 0 Å². The minimum Gasteiger partial charge on any atom is -0.314 e. The molecule has 0 amide bonds. The standard InChI is InChI=1S/C17H32N2/c1-4-19(5-2)10-6-7-14(3)18-13-17-12-15-8-9-16(17)11-15/h8-9,14-18H,4-7,10-13H2,1-3H3/t14-,15-,16-,17+/m0/s1. The van der Waals surface area contributed by atoms with Crippen LogP contribution in [0.15, 0.2) is 12.2 Å². The third-order valence-corrected chi connectivity index (χ3v) is 5.15. The van der Waals surface area contributed by atoms with Crippen LogP contribution in [-0.2, 0) is 0 Å². The molecule has 0 aromatic heterocycles. The van der Waals surface area contributed by atoms with Crippen molar-refractivity contribution in [3.63, 3.8) is 0 Å². The Hall–Kier alpha value is -0.340. The first-order valence-electron chi connectivity index (χ1n) is 8.37. The summed E-state index contributed by atoms with van der Waals surface area (Å²) in [5.74, 6) is 2.72. The molecule has 0 unspecified atom stereocenters. The van der Waals surface area contributed by atoms with Crippen LogP contribution in [0, 0.1) is 17.8 Å². The first-order valence-corrected chi connectivity index (χ1v) is 8.37. The van der Waals surface area contributed by atoms with Crippen molar-refractivity contribution < 1.29 is 0 Å². The van der Waals surface area contributed by atoms with Crippen LogP contribution in [0.3, 0.4) is 0 Å². The van der Waals surface area contributed by atoms with Gasteiger partial charge in [0, 0.05) is 6.04 Å². The Balaban J connectivity index is 1.55. The van der Waals surface area contributed by atoms with Gasteiger partial charge in [-0.25, -0.2) is 0 Å². The van der Waals surface area contributed by atoms with Crippen molar-refractivity contribution in [2.75, 3.05) is 26.2 Å². The summed E-state index contributed by atoms with van der Waals surface area (Å²) in [5, 5.41) is 3.77. The molecule has 2 nitrogen and oxygen atoms in total. The largest absolute Gasteiger partial charge is 0.314 e. The zero-order valence-electron chi connectivity index (χ0n) is 13.1. The highest BCUT2D eigenvalue weighted by atomic mass is 15.1. The normalized spacial score (nSPS) is 30.4. The summed E-state index contributed by atoms with van der Waals surface area (Å²) >= 11 is 0. The molecule has 1 N–H and O–H groups in total. The Bertz CT molecular complexity index is 283. The van der Waals surface area contributed by atoms with Gasteiger partial charge in [0.1, 0.15) is 0 Å². The molecule has 0 radical (unpaired) electrons. The van der Waals surface area contributed by atoms with Crippen molar-refractivity contribution in [2.45, 2.75) is 52.5 Å². The predicted molar refractivity (Wildman–Crippen MR) is 83.3 cm³/mol. The zero-order valence-corrected chi connectivity index (χ0v) is 13.1. The van der Waals surface area contributed by atoms with E-state index in [1.165, 1.54) is 51.9 Å². The maximum absolute atomic E-state index is 3.77. The van der Waals surface area contributed by atoms with Crippen molar-refractivity contribution in [1.29, 1.82) is 0 Å². The molecule has 2 rings (SSSR count). The van der Waals surface area contributed by atoms with Gasteiger partial charge in [0.15, 0.2) is 0 Å². The van der Waals surface area contributed by atoms with Gasteiger partial charge < -0.3 is 10.2 Å². The molecule has 2 bridgehead atoms. The quantitative estimate of drug-likeness (QED) is 0.643. The molecular formula is C17H32N2. The Labute approximate surface area is 119 Å². The highest BCUT2D eigenvalue weighted by Crippen LogP contribution is 2.42. The number of allylic oxidation sites excluding steroid dienone is 2. The maximum Gasteiger partial charge on any atom is 0.00393 e. The van der Waals surface area contributed by atoms with E-state index in [0.29, 0.717) is 6.04 Å². The van der Waals surface area contributed by atoms with E-state index < -0.39 is 0 Å². The molecule has 4 atom stereocenters. The zero-order chi connectivity index (χ0) is 13.7. The topological polar surface area (TPSA) is 15.3 Å². The van der Waals surface area contributed by atoms with E-state index in [1.807, 2.05) is 0 Å². The third-order valence-electron chi connectivity index (χ3n) is 5.15. The molecule has 2 aliphatic rings. The fourth-order valence-corrected chi connectivity index (χ4v) is 3.74. The van der Waals surface area contributed by atoms with Crippen LogP contribution in [0.5, 0.6) is 0 Å². The maximum atomic E-state index is 3.77. The summed E-state index contributed by atoms with van der Waals surface area (Å²) < 4.78 is 0. The Morgan fingerprint density at radius 2 is 2.00 bits per heavy atom. The first kappa shape index (κ1) is 15.1. The fourth-order valence-electron chi connectivity index (χ4n) is 3.74.